The van der Waals surface area contributed by atoms with E-state index in [2.05, 4.69) is 49.2 Å². The highest BCUT2D eigenvalue weighted by atomic mass is 16.6. The summed E-state index contributed by atoms with van der Waals surface area (Å²) in [6.45, 7) is 5.36. The number of rotatable bonds is 2. The number of fused-ring (bicyclic) bond motifs is 2. The Bertz CT molecular complexity index is 1270. The maximum Gasteiger partial charge on any atom is 0.219 e. The van der Waals surface area contributed by atoms with Crippen molar-refractivity contribution in [3.05, 3.63) is 83.2 Å². The van der Waals surface area contributed by atoms with E-state index < -0.39 is 0 Å². The highest BCUT2D eigenvalue weighted by Gasteiger charge is 2.15. The molecule has 0 amide bonds. The van der Waals surface area contributed by atoms with Crippen LogP contribution in [0.5, 0.6) is 11.5 Å². The number of hydrogen-bond donors (Lipinski definition) is 1. The second kappa shape index (κ2) is 7.13. The first-order valence-corrected chi connectivity index (χ1v) is 9.77. The van der Waals surface area contributed by atoms with Gasteiger partial charge in [-0.2, -0.15) is 0 Å². The van der Waals surface area contributed by atoms with E-state index in [1.54, 1.807) is 0 Å². The van der Waals surface area contributed by atoms with E-state index >= 15 is 0 Å². The van der Waals surface area contributed by atoms with Crippen LogP contribution in [0.2, 0.25) is 0 Å². The summed E-state index contributed by atoms with van der Waals surface area (Å²) in [5.74, 6) is 2.37. The lowest BCUT2D eigenvalue weighted by Gasteiger charge is -2.17. The van der Waals surface area contributed by atoms with E-state index in [1.165, 1.54) is 11.1 Å². The monoisotopic (exact) mass is 384 g/mol. The smallest absolute Gasteiger partial charge is 0.219 e. The van der Waals surface area contributed by atoms with E-state index in [1.807, 2.05) is 36.4 Å². The molecule has 0 spiro atoms. The lowest BCUT2D eigenvalue weighted by Crippen LogP contribution is -2.70. The van der Waals surface area contributed by atoms with Gasteiger partial charge in [-0.3, -0.25) is 0 Å². The molecule has 0 fully saturated rings. The van der Waals surface area contributed by atoms with E-state index in [0.717, 1.165) is 44.8 Å². The molecule has 5 rings (SSSR count). The van der Waals surface area contributed by atoms with Crippen molar-refractivity contribution in [2.24, 2.45) is 0 Å². The minimum absolute atomic E-state index is 0.570. The van der Waals surface area contributed by atoms with Crippen LogP contribution >= 0.6 is 0 Å². The SMILES string of the molecule is Cc1cc(C)c2c(=[NH+]c3ccc4c(c3)OCCO4)cc(-c3ccccc3)oc2c1. The van der Waals surface area contributed by atoms with Crippen molar-refractivity contribution in [3.63, 3.8) is 0 Å². The summed E-state index contributed by atoms with van der Waals surface area (Å²) in [5.41, 5.74) is 5.20. The van der Waals surface area contributed by atoms with Gasteiger partial charge in [-0.1, -0.05) is 36.4 Å². The zero-order chi connectivity index (χ0) is 19.8. The molecule has 0 atom stereocenters. The maximum atomic E-state index is 6.29. The first-order chi connectivity index (χ1) is 14.2. The third kappa shape index (κ3) is 3.38. The van der Waals surface area contributed by atoms with E-state index in [4.69, 9.17) is 13.9 Å². The summed E-state index contributed by atoms with van der Waals surface area (Å²) in [4.78, 5) is 3.57. The van der Waals surface area contributed by atoms with Crippen LogP contribution in [0.25, 0.3) is 22.3 Å². The number of ether oxygens (including phenoxy) is 2. The molecule has 2 heterocycles. The molecule has 0 aliphatic carbocycles. The van der Waals surface area contributed by atoms with Crippen molar-refractivity contribution in [1.82, 2.24) is 0 Å². The van der Waals surface area contributed by atoms with Crippen LogP contribution in [0.3, 0.4) is 0 Å². The molecule has 1 aromatic heterocycles. The van der Waals surface area contributed by atoms with Gasteiger partial charge < -0.3 is 13.9 Å². The summed E-state index contributed by atoms with van der Waals surface area (Å²) in [5, 5.41) is 2.07. The fourth-order valence-corrected chi connectivity index (χ4v) is 3.83. The zero-order valence-electron chi connectivity index (χ0n) is 16.5. The summed E-state index contributed by atoms with van der Waals surface area (Å²) in [7, 11) is 0. The minimum atomic E-state index is 0.570. The number of benzene rings is 3. The van der Waals surface area contributed by atoms with Crippen molar-refractivity contribution >= 4 is 16.7 Å². The van der Waals surface area contributed by atoms with Crippen LogP contribution in [0, 0.1) is 13.8 Å². The van der Waals surface area contributed by atoms with Gasteiger partial charge >= 0.3 is 0 Å². The molecule has 4 nitrogen and oxygen atoms in total. The second-order valence-corrected chi connectivity index (χ2v) is 7.33. The Labute approximate surface area is 169 Å². The predicted molar refractivity (Wildman–Crippen MR) is 112 cm³/mol. The Morgan fingerprint density at radius 3 is 2.41 bits per heavy atom. The molecule has 0 saturated heterocycles. The van der Waals surface area contributed by atoms with E-state index in [0.29, 0.717) is 13.2 Å². The topological polar surface area (TPSA) is 45.6 Å². The maximum absolute atomic E-state index is 6.29. The molecule has 1 N–H and O–H groups in total. The molecule has 29 heavy (non-hydrogen) atoms. The molecule has 1 aliphatic rings. The quantitative estimate of drug-likeness (QED) is 0.572. The summed E-state index contributed by atoms with van der Waals surface area (Å²) >= 11 is 0. The Kier molecular flexibility index (Phi) is 4.32. The molecular weight excluding hydrogens is 362 g/mol. The second-order valence-electron chi connectivity index (χ2n) is 7.33. The van der Waals surface area contributed by atoms with Gasteiger partial charge in [0, 0.05) is 11.6 Å². The van der Waals surface area contributed by atoms with Gasteiger partial charge in [-0.15, -0.1) is 0 Å². The van der Waals surface area contributed by atoms with Gasteiger partial charge in [0.1, 0.15) is 24.6 Å². The largest absolute Gasteiger partial charge is 0.486 e. The van der Waals surface area contributed by atoms with E-state index in [9.17, 15) is 0 Å². The van der Waals surface area contributed by atoms with Crippen molar-refractivity contribution < 1.29 is 18.9 Å². The lowest BCUT2D eigenvalue weighted by molar-refractivity contribution is -0.401. The summed E-state index contributed by atoms with van der Waals surface area (Å²) < 4.78 is 17.7. The predicted octanol–water partition coefficient (Wildman–Crippen LogP) is 3.80. The molecule has 0 unspecified atom stereocenters. The van der Waals surface area contributed by atoms with Crippen molar-refractivity contribution in [2.45, 2.75) is 13.8 Å². The average molecular weight is 384 g/mol. The molecule has 4 aromatic rings. The molecule has 3 aromatic carbocycles. The molecule has 1 aliphatic heterocycles. The fourth-order valence-electron chi connectivity index (χ4n) is 3.83. The lowest BCUT2D eigenvalue weighted by atomic mass is 10.0. The zero-order valence-corrected chi connectivity index (χ0v) is 16.5. The highest BCUT2D eigenvalue weighted by Crippen LogP contribution is 2.31. The third-order valence-electron chi connectivity index (χ3n) is 5.09. The van der Waals surface area contributed by atoms with Crippen LogP contribution in [-0.4, -0.2) is 13.2 Å². The van der Waals surface area contributed by atoms with E-state index in [-0.39, 0.29) is 0 Å². The number of nitrogens with one attached hydrogen (secondary N) is 1. The van der Waals surface area contributed by atoms with Crippen molar-refractivity contribution in [1.29, 1.82) is 0 Å². The van der Waals surface area contributed by atoms with Gasteiger partial charge in [-0.25, -0.2) is 4.99 Å². The minimum Gasteiger partial charge on any atom is -0.486 e. The van der Waals surface area contributed by atoms with Gasteiger partial charge in [-0.05, 0) is 37.1 Å². The standard InChI is InChI=1S/C25H21NO3/c1-16-12-17(2)25-20(26-19-8-9-21-23(14-19)28-11-10-27-21)15-22(29-24(25)13-16)18-6-4-3-5-7-18/h3-9,12-15H,10-11H2,1-2H3/p+1. The van der Waals surface area contributed by atoms with Gasteiger partial charge in [0.05, 0.1) is 17.5 Å². The Morgan fingerprint density at radius 1 is 0.793 bits per heavy atom. The molecule has 0 bridgehead atoms. The number of aryl methyl sites for hydroxylation is 2. The highest BCUT2D eigenvalue weighted by molar-refractivity contribution is 5.82. The molecule has 144 valence electrons. The Hall–Kier alpha value is -3.53. The molecule has 4 heteroatoms. The normalized spacial score (nSPS) is 13.7. The van der Waals surface area contributed by atoms with Crippen molar-refractivity contribution in [3.8, 4) is 22.8 Å². The van der Waals surface area contributed by atoms with Gasteiger partial charge in [0.25, 0.3) is 0 Å². The average Bonchev–Trinajstić information content (AvgIpc) is 2.73. The first kappa shape index (κ1) is 17.6. The van der Waals surface area contributed by atoms with Crippen LogP contribution in [0.1, 0.15) is 11.1 Å². The molecule has 0 saturated carbocycles. The fraction of sp³-hybridized carbons (Fsp3) is 0.160. The van der Waals surface area contributed by atoms with Crippen LogP contribution < -0.4 is 19.8 Å². The van der Waals surface area contributed by atoms with Crippen LogP contribution in [-0.2, 0) is 0 Å². The van der Waals surface area contributed by atoms with Crippen molar-refractivity contribution in [2.75, 3.05) is 13.2 Å². The summed E-state index contributed by atoms with van der Waals surface area (Å²) in [6, 6.07) is 22.4. The number of hydrogen-bond acceptors (Lipinski definition) is 3. The van der Waals surface area contributed by atoms with Crippen LogP contribution in [0.4, 0.5) is 5.69 Å². The Balaban J connectivity index is 1.76. The first-order valence-electron chi connectivity index (χ1n) is 9.77. The Morgan fingerprint density at radius 2 is 1.59 bits per heavy atom. The van der Waals surface area contributed by atoms with Gasteiger partial charge in [0.2, 0.25) is 11.0 Å². The van der Waals surface area contributed by atoms with Gasteiger partial charge in [0.15, 0.2) is 11.5 Å². The molecule has 0 radical (unpaired) electrons. The van der Waals surface area contributed by atoms with Crippen LogP contribution in [0.15, 0.2) is 71.1 Å². The summed E-state index contributed by atoms with van der Waals surface area (Å²) in [6.07, 6.45) is 0. The third-order valence-corrected chi connectivity index (χ3v) is 5.09. The molecular formula is C25H22NO3+.